The number of nitrogens with one attached hydrogen (secondary N) is 2. The summed E-state index contributed by atoms with van der Waals surface area (Å²) in [5, 5.41) is 9.36. The summed E-state index contributed by atoms with van der Waals surface area (Å²) >= 11 is 1.63. The molecule has 1 aromatic carbocycles. The molecule has 1 heterocycles. The van der Waals surface area contributed by atoms with Crippen molar-refractivity contribution in [3.63, 3.8) is 0 Å². The molecule has 0 unspecified atom stereocenters. The van der Waals surface area contributed by atoms with Crippen molar-refractivity contribution in [2.75, 3.05) is 6.54 Å². The maximum Gasteiger partial charge on any atom is 0.191 e. The lowest BCUT2D eigenvalue weighted by atomic mass is 9.98. The van der Waals surface area contributed by atoms with Gasteiger partial charge < -0.3 is 10.6 Å². The van der Waals surface area contributed by atoms with Crippen LogP contribution in [0.2, 0.25) is 0 Å². The Labute approximate surface area is 151 Å². The van der Waals surface area contributed by atoms with Crippen molar-refractivity contribution in [1.82, 2.24) is 15.6 Å². The first kappa shape index (κ1) is 19.3. The smallest absolute Gasteiger partial charge is 0.191 e. The molecule has 0 fully saturated rings. The summed E-state index contributed by atoms with van der Waals surface area (Å²) < 4.78 is 26.9. The third-order valence-electron chi connectivity index (χ3n) is 3.39. The van der Waals surface area contributed by atoms with E-state index in [4.69, 9.17) is 0 Å². The Morgan fingerprint density at radius 3 is 2.64 bits per heavy atom. The predicted octanol–water partition coefficient (Wildman–Crippen LogP) is 3.97. The van der Waals surface area contributed by atoms with Gasteiger partial charge in [-0.25, -0.2) is 18.8 Å². The molecule has 0 aliphatic rings. The second-order valence-corrected chi connectivity index (χ2v) is 7.54. The number of rotatable bonds is 5. The summed E-state index contributed by atoms with van der Waals surface area (Å²) in [6, 6.07) is 3.38. The van der Waals surface area contributed by atoms with E-state index in [1.54, 1.807) is 11.3 Å². The number of aromatic nitrogens is 1. The molecule has 0 bridgehead atoms. The zero-order valence-corrected chi connectivity index (χ0v) is 15.8. The van der Waals surface area contributed by atoms with Gasteiger partial charge >= 0.3 is 0 Å². The van der Waals surface area contributed by atoms with Crippen molar-refractivity contribution in [3.05, 3.63) is 51.5 Å². The zero-order chi connectivity index (χ0) is 18.4. The number of hydrogen-bond acceptors (Lipinski definition) is 3. The number of thiazole rings is 1. The Morgan fingerprint density at radius 1 is 1.24 bits per heavy atom. The van der Waals surface area contributed by atoms with Crippen LogP contribution in [0.1, 0.15) is 44.0 Å². The van der Waals surface area contributed by atoms with Crippen molar-refractivity contribution in [3.8, 4) is 0 Å². The molecule has 7 heteroatoms. The van der Waals surface area contributed by atoms with Crippen molar-refractivity contribution < 1.29 is 8.78 Å². The molecule has 0 amide bonds. The lowest BCUT2D eigenvalue weighted by Gasteiger charge is -2.14. The molecule has 1 aromatic heterocycles. The topological polar surface area (TPSA) is 49.3 Å². The van der Waals surface area contributed by atoms with Gasteiger partial charge in [-0.15, -0.1) is 11.3 Å². The van der Waals surface area contributed by atoms with Gasteiger partial charge in [-0.2, -0.15) is 0 Å². The second-order valence-electron chi connectivity index (χ2n) is 6.68. The lowest BCUT2D eigenvalue weighted by molar-refractivity contribution is 0.582. The summed E-state index contributed by atoms with van der Waals surface area (Å²) in [6.07, 6.45) is 0. The summed E-state index contributed by atoms with van der Waals surface area (Å²) in [5.41, 5.74) is 1.18. The molecule has 0 saturated heterocycles. The molecule has 4 nitrogen and oxygen atoms in total. The molecule has 2 rings (SSSR count). The fourth-order valence-electron chi connectivity index (χ4n) is 2.08. The van der Waals surface area contributed by atoms with E-state index in [0.29, 0.717) is 19.0 Å². The van der Waals surface area contributed by atoms with Crippen LogP contribution in [0.5, 0.6) is 0 Å². The number of hydrogen-bond donors (Lipinski definition) is 2. The lowest BCUT2D eigenvalue weighted by Crippen LogP contribution is -2.36. The predicted molar refractivity (Wildman–Crippen MR) is 98.8 cm³/mol. The fraction of sp³-hybridized carbons (Fsp3) is 0.444. The molecule has 2 aromatic rings. The van der Waals surface area contributed by atoms with Crippen LogP contribution in [0.25, 0.3) is 0 Å². The summed E-state index contributed by atoms with van der Waals surface area (Å²) in [6.45, 7) is 9.57. The number of guanidine groups is 1. The number of benzene rings is 1. The van der Waals surface area contributed by atoms with Crippen LogP contribution in [0.3, 0.4) is 0 Å². The highest BCUT2D eigenvalue weighted by Crippen LogP contribution is 2.25. The van der Waals surface area contributed by atoms with Crippen LogP contribution in [-0.2, 0) is 18.5 Å². The quantitative estimate of drug-likeness (QED) is 0.622. The van der Waals surface area contributed by atoms with Crippen LogP contribution in [0.15, 0.2) is 28.6 Å². The second kappa shape index (κ2) is 8.38. The fourth-order valence-corrected chi connectivity index (χ4v) is 2.98. The van der Waals surface area contributed by atoms with E-state index < -0.39 is 11.6 Å². The van der Waals surface area contributed by atoms with E-state index in [9.17, 15) is 8.78 Å². The number of halogens is 2. The van der Waals surface area contributed by atoms with Crippen LogP contribution in [0.4, 0.5) is 8.78 Å². The molecule has 0 radical (unpaired) electrons. The highest BCUT2D eigenvalue weighted by Gasteiger charge is 2.17. The van der Waals surface area contributed by atoms with Crippen molar-refractivity contribution in [2.24, 2.45) is 4.99 Å². The first-order chi connectivity index (χ1) is 11.8. The first-order valence-electron chi connectivity index (χ1n) is 8.20. The molecular weight excluding hydrogens is 342 g/mol. The minimum Gasteiger partial charge on any atom is -0.357 e. The summed E-state index contributed by atoms with van der Waals surface area (Å²) in [4.78, 5) is 8.94. The van der Waals surface area contributed by atoms with Crippen molar-refractivity contribution >= 4 is 17.3 Å². The Kier molecular flexibility index (Phi) is 6.47. The largest absolute Gasteiger partial charge is 0.357 e. The van der Waals surface area contributed by atoms with Crippen molar-refractivity contribution in [2.45, 2.75) is 46.2 Å². The average Bonchev–Trinajstić information content (AvgIpc) is 3.02. The molecule has 25 heavy (non-hydrogen) atoms. The van der Waals surface area contributed by atoms with E-state index in [2.05, 4.69) is 41.4 Å². The summed E-state index contributed by atoms with van der Waals surface area (Å²) in [5.74, 6) is -0.395. The van der Waals surface area contributed by atoms with Gasteiger partial charge in [-0.1, -0.05) is 20.8 Å². The van der Waals surface area contributed by atoms with E-state index >= 15 is 0 Å². The minimum atomic E-state index is -0.471. The van der Waals surface area contributed by atoms with Gasteiger partial charge in [0.2, 0.25) is 0 Å². The van der Waals surface area contributed by atoms with Gasteiger partial charge in [0, 0.05) is 22.9 Å². The van der Waals surface area contributed by atoms with Crippen LogP contribution < -0.4 is 10.6 Å². The van der Waals surface area contributed by atoms with Crippen LogP contribution in [-0.4, -0.2) is 17.5 Å². The van der Waals surface area contributed by atoms with E-state index in [0.717, 1.165) is 22.8 Å². The first-order valence-corrected chi connectivity index (χ1v) is 9.08. The maximum atomic E-state index is 13.7. The maximum absolute atomic E-state index is 13.7. The highest BCUT2D eigenvalue weighted by atomic mass is 32.1. The Hall–Kier alpha value is -2.02. The molecule has 0 atom stereocenters. The van der Waals surface area contributed by atoms with E-state index in [-0.39, 0.29) is 17.5 Å². The Bertz CT molecular complexity index is 735. The molecule has 136 valence electrons. The zero-order valence-electron chi connectivity index (χ0n) is 15.0. The molecule has 0 aliphatic heterocycles. The minimum absolute atomic E-state index is 0.0242. The molecule has 0 saturated carbocycles. The number of aliphatic imine (C=N–C) groups is 1. The van der Waals surface area contributed by atoms with Gasteiger partial charge in [0.15, 0.2) is 5.96 Å². The van der Waals surface area contributed by atoms with Gasteiger partial charge in [-0.05, 0) is 25.1 Å². The molecule has 0 spiro atoms. The summed E-state index contributed by atoms with van der Waals surface area (Å²) in [7, 11) is 0. The Morgan fingerprint density at radius 2 is 2.00 bits per heavy atom. The van der Waals surface area contributed by atoms with Crippen molar-refractivity contribution in [1.29, 1.82) is 0 Å². The van der Waals surface area contributed by atoms with Gasteiger partial charge in [0.05, 0.1) is 23.8 Å². The monoisotopic (exact) mass is 366 g/mol. The van der Waals surface area contributed by atoms with Gasteiger partial charge in [0.25, 0.3) is 0 Å². The molecular formula is C18H24F2N4S. The third kappa shape index (κ3) is 5.77. The number of nitrogens with zero attached hydrogens (tertiary/aromatic N) is 2. The normalized spacial score (nSPS) is 12.3. The van der Waals surface area contributed by atoms with E-state index in [1.807, 2.05) is 12.3 Å². The third-order valence-corrected chi connectivity index (χ3v) is 4.71. The van der Waals surface area contributed by atoms with Gasteiger partial charge in [0.1, 0.15) is 11.6 Å². The van der Waals surface area contributed by atoms with E-state index in [1.165, 1.54) is 6.07 Å². The molecule has 0 aliphatic carbocycles. The van der Waals surface area contributed by atoms with Crippen LogP contribution in [0, 0.1) is 11.6 Å². The van der Waals surface area contributed by atoms with Crippen LogP contribution >= 0.6 is 11.3 Å². The Balaban J connectivity index is 2.02. The average molecular weight is 366 g/mol. The highest BCUT2D eigenvalue weighted by molar-refractivity contribution is 7.09. The molecule has 2 N–H and O–H groups in total. The SMILES string of the molecule is CCNC(=NCc1cc(F)ccc1F)NCc1csc(C(C)(C)C)n1. The van der Waals surface area contributed by atoms with Gasteiger partial charge in [-0.3, -0.25) is 0 Å². The standard InChI is InChI=1S/C18H24F2N4S/c1-5-21-17(22-9-12-8-13(19)6-7-15(12)20)23-10-14-11-25-16(24-14)18(2,3)4/h6-8,11H,5,9-10H2,1-4H3,(H2,21,22,23).